The van der Waals surface area contributed by atoms with Crippen molar-refractivity contribution in [1.29, 1.82) is 0 Å². The second-order valence-electron chi connectivity index (χ2n) is 8.21. The van der Waals surface area contributed by atoms with Crippen LogP contribution in [0.2, 0.25) is 0 Å². The summed E-state index contributed by atoms with van der Waals surface area (Å²) in [5, 5.41) is 0. The second kappa shape index (κ2) is 8.73. The maximum Gasteiger partial charge on any atom is 0.334 e. The highest BCUT2D eigenvalue weighted by Gasteiger charge is 2.54. The number of ether oxygens (including phenoxy) is 1. The molecule has 0 bridgehead atoms. The summed E-state index contributed by atoms with van der Waals surface area (Å²) >= 11 is 0. The molecule has 1 aromatic carbocycles. The summed E-state index contributed by atoms with van der Waals surface area (Å²) in [6.45, 7) is 7.14. The van der Waals surface area contributed by atoms with Crippen molar-refractivity contribution in [2.24, 2.45) is 16.5 Å². The normalized spacial score (nSPS) is 16.6. The van der Waals surface area contributed by atoms with Gasteiger partial charge in [-0.15, -0.1) is 0 Å². The number of carbonyl (C=O) groups excluding carboxylic acids is 3. The Morgan fingerprint density at radius 2 is 1.66 bits per heavy atom. The van der Waals surface area contributed by atoms with E-state index in [1.54, 1.807) is 52.0 Å². The molecule has 1 aliphatic heterocycles. The van der Waals surface area contributed by atoms with Gasteiger partial charge >= 0.3 is 5.97 Å². The van der Waals surface area contributed by atoms with Gasteiger partial charge in [0, 0.05) is 13.1 Å². The highest BCUT2D eigenvalue weighted by Crippen LogP contribution is 2.34. The quantitative estimate of drug-likeness (QED) is 0.225. The van der Waals surface area contributed by atoms with Gasteiger partial charge in [0.25, 0.3) is 11.8 Å². The van der Waals surface area contributed by atoms with E-state index in [0.717, 1.165) is 4.90 Å². The van der Waals surface area contributed by atoms with Crippen LogP contribution in [-0.2, 0) is 9.53 Å². The molecule has 0 spiro atoms. The first kappa shape index (κ1) is 22.5. The molecule has 0 fully saturated rings. The molecule has 1 aliphatic rings. The van der Waals surface area contributed by atoms with E-state index in [0.29, 0.717) is 25.2 Å². The molecule has 8 nitrogen and oxygen atoms in total. The SMILES string of the molecule is CC(N)=NCCCCC(CN)(C(=O)OC(C)(C)C)N1C(=O)c2ccccc2C1=O. The van der Waals surface area contributed by atoms with Crippen molar-refractivity contribution in [1.82, 2.24) is 4.90 Å². The molecule has 8 heteroatoms. The van der Waals surface area contributed by atoms with E-state index in [9.17, 15) is 14.4 Å². The largest absolute Gasteiger partial charge is 0.458 e. The molecule has 0 aliphatic carbocycles. The third-order valence-electron chi connectivity index (χ3n) is 4.70. The molecule has 2 amide bonds. The van der Waals surface area contributed by atoms with Crippen LogP contribution in [-0.4, -0.2) is 52.7 Å². The fourth-order valence-corrected chi connectivity index (χ4v) is 3.32. The van der Waals surface area contributed by atoms with Gasteiger partial charge in [-0.05, 0) is 59.1 Å². The first-order valence-electron chi connectivity index (χ1n) is 9.71. The Bertz CT molecular complexity index is 789. The number of rotatable bonds is 8. The van der Waals surface area contributed by atoms with Gasteiger partial charge in [0.05, 0.1) is 17.0 Å². The number of fused-ring (bicyclic) bond motifs is 1. The van der Waals surface area contributed by atoms with Crippen LogP contribution < -0.4 is 11.5 Å². The third kappa shape index (κ3) is 4.82. The Hall–Kier alpha value is -2.74. The lowest BCUT2D eigenvalue weighted by Crippen LogP contribution is -2.62. The zero-order chi connectivity index (χ0) is 21.8. The van der Waals surface area contributed by atoms with Crippen LogP contribution >= 0.6 is 0 Å². The average Bonchev–Trinajstić information content (AvgIpc) is 2.89. The van der Waals surface area contributed by atoms with Crippen molar-refractivity contribution in [2.75, 3.05) is 13.1 Å². The Morgan fingerprint density at radius 3 is 2.10 bits per heavy atom. The molecule has 0 saturated heterocycles. The van der Waals surface area contributed by atoms with E-state index in [4.69, 9.17) is 16.2 Å². The summed E-state index contributed by atoms with van der Waals surface area (Å²) in [6.07, 6.45) is 1.33. The predicted molar refractivity (Wildman–Crippen MR) is 111 cm³/mol. The standard InChI is InChI=1S/C21H30N4O4/c1-14(23)24-12-8-7-11-21(13-22,19(28)29-20(2,3)4)25-17(26)15-9-5-6-10-16(15)18(25)27/h5-6,9-10H,7-8,11-13,22H2,1-4H3,(H2,23,24). The van der Waals surface area contributed by atoms with Gasteiger partial charge in [0.2, 0.25) is 0 Å². The van der Waals surface area contributed by atoms with Crippen molar-refractivity contribution in [2.45, 2.75) is 58.1 Å². The number of amides is 2. The van der Waals surface area contributed by atoms with Gasteiger partial charge in [0.15, 0.2) is 5.54 Å². The lowest BCUT2D eigenvalue weighted by atomic mass is 9.89. The topological polar surface area (TPSA) is 128 Å². The lowest BCUT2D eigenvalue weighted by Gasteiger charge is -2.39. The number of amidine groups is 1. The lowest BCUT2D eigenvalue weighted by molar-refractivity contribution is -0.167. The molecule has 1 heterocycles. The van der Waals surface area contributed by atoms with Crippen molar-refractivity contribution in [3.8, 4) is 0 Å². The van der Waals surface area contributed by atoms with Crippen LogP contribution in [0.15, 0.2) is 29.3 Å². The van der Waals surface area contributed by atoms with Crippen LogP contribution in [0, 0.1) is 0 Å². The van der Waals surface area contributed by atoms with Crippen LogP contribution in [0.3, 0.4) is 0 Å². The number of aliphatic imine (C=N–C) groups is 1. The summed E-state index contributed by atoms with van der Waals surface area (Å²) in [5.41, 5.74) is 9.74. The fourth-order valence-electron chi connectivity index (χ4n) is 3.32. The zero-order valence-corrected chi connectivity index (χ0v) is 17.5. The number of benzene rings is 1. The van der Waals surface area contributed by atoms with Gasteiger partial charge in [-0.3, -0.25) is 19.5 Å². The van der Waals surface area contributed by atoms with Crippen LogP contribution in [0.25, 0.3) is 0 Å². The fraction of sp³-hybridized carbons (Fsp3) is 0.524. The predicted octanol–water partition coefficient (Wildman–Crippen LogP) is 1.87. The molecule has 158 valence electrons. The molecule has 1 unspecified atom stereocenters. The van der Waals surface area contributed by atoms with E-state index in [2.05, 4.69) is 4.99 Å². The number of nitrogens with two attached hydrogens (primary N) is 2. The van der Waals surface area contributed by atoms with Gasteiger partial charge < -0.3 is 16.2 Å². The Labute approximate surface area is 171 Å². The minimum Gasteiger partial charge on any atom is -0.458 e. The number of carbonyl (C=O) groups is 3. The number of unbranched alkanes of at least 4 members (excludes halogenated alkanes) is 1. The first-order chi connectivity index (χ1) is 13.5. The number of hydrogen-bond acceptors (Lipinski definition) is 6. The van der Waals surface area contributed by atoms with Crippen molar-refractivity contribution in [3.05, 3.63) is 35.4 Å². The van der Waals surface area contributed by atoms with Gasteiger partial charge in [0.1, 0.15) is 5.60 Å². The van der Waals surface area contributed by atoms with Crippen molar-refractivity contribution in [3.63, 3.8) is 0 Å². The van der Waals surface area contributed by atoms with Gasteiger partial charge in [-0.1, -0.05) is 12.1 Å². The Morgan fingerprint density at radius 1 is 1.10 bits per heavy atom. The number of imide groups is 1. The smallest absolute Gasteiger partial charge is 0.334 e. The minimum absolute atomic E-state index is 0.184. The number of nitrogens with zero attached hydrogens (tertiary/aromatic N) is 2. The van der Waals surface area contributed by atoms with E-state index in [1.807, 2.05) is 0 Å². The van der Waals surface area contributed by atoms with Gasteiger partial charge in [-0.25, -0.2) is 4.79 Å². The summed E-state index contributed by atoms with van der Waals surface area (Å²) < 4.78 is 5.58. The zero-order valence-electron chi connectivity index (χ0n) is 17.5. The van der Waals surface area contributed by atoms with Crippen molar-refractivity contribution < 1.29 is 19.1 Å². The molecule has 2 rings (SSSR count). The van der Waals surface area contributed by atoms with E-state index < -0.39 is 28.9 Å². The first-order valence-corrected chi connectivity index (χ1v) is 9.71. The summed E-state index contributed by atoms with van der Waals surface area (Å²) in [5.74, 6) is -1.27. The monoisotopic (exact) mass is 402 g/mol. The average molecular weight is 402 g/mol. The molecule has 1 atom stereocenters. The molecule has 0 radical (unpaired) electrons. The minimum atomic E-state index is -1.58. The molecular weight excluding hydrogens is 372 g/mol. The highest BCUT2D eigenvalue weighted by atomic mass is 16.6. The van der Waals surface area contributed by atoms with Crippen LogP contribution in [0.1, 0.15) is 67.7 Å². The number of esters is 1. The van der Waals surface area contributed by atoms with E-state index in [-0.39, 0.29) is 24.1 Å². The molecule has 0 saturated carbocycles. The third-order valence-corrected chi connectivity index (χ3v) is 4.70. The van der Waals surface area contributed by atoms with E-state index in [1.165, 1.54) is 0 Å². The summed E-state index contributed by atoms with van der Waals surface area (Å²) in [4.78, 5) is 44.5. The molecule has 1 aromatic rings. The molecule has 4 N–H and O–H groups in total. The van der Waals surface area contributed by atoms with Gasteiger partial charge in [-0.2, -0.15) is 0 Å². The Balaban J connectivity index is 2.38. The number of hydrogen-bond donors (Lipinski definition) is 2. The summed E-state index contributed by atoms with van der Waals surface area (Å²) in [6, 6.07) is 6.51. The van der Waals surface area contributed by atoms with E-state index >= 15 is 0 Å². The van der Waals surface area contributed by atoms with Crippen LogP contribution in [0.5, 0.6) is 0 Å². The summed E-state index contributed by atoms with van der Waals surface area (Å²) in [7, 11) is 0. The van der Waals surface area contributed by atoms with Crippen LogP contribution in [0.4, 0.5) is 0 Å². The Kier molecular flexibility index (Phi) is 6.79. The second-order valence-corrected chi connectivity index (χ2v) is 8.21. The molecule has 29 heavy (non-hydrogen) atoms. The maximum absolute atomic E-state index is 13.2. The maximum atomic E-state index is 13.2. The molecule has 0 aromatic heterocycles. The van der Waals surface area contributed by atoms with Crippen molar-refractivity contribution >= 4 is 23.6 Å². The highest BCUT2D eigenvalue weighted by molar-refractivity contribution is 6.23. The molecular formula is C21H30N4O4.